The van der Waals surface area contributed by atoms with Gasteiger partial charge in [0.2, 0.25) is 0 Å². The molecule has 0 aromatic carbocycles. The summed E-state index contributed by atoms with van der Waals surface area (Å²) < 4.78 is 0. The molecule has 76 valence electrons. The third-order valence-electron chi connectivity index (χ3n) is 3.75. The molecular formula is C12H16O2. The molecule has 0 heterocycles. The lowest BCUT2D eigenvalue weighted by Gasteiger charge is -2.18. The molecule has 2 nitrogen and oxygen atoms in total. The van der Waals surface area contributed by atoms with Crippen molar-refractivity contribution in [3.05, 3.63) is 23.8 Å². The van der Waals surface area contributed by atoms with Gasteiger partial charge in [-0.25, -0.2) is 4.79 Å². The fourth-order valence-electron chi connectivity index (χ4n) is 2.66. The Morgan fingerprint density at radius 2 is 2.43 bits per heavy atom. The first kappa shape index (κ1) is 9.50. The van der Waals surface area contributed by atoms with E-state index in [0.29, 0.717) is 11.3 Å². The zero-order valence-corrected chi connectivity index (χ0v) is 8.49. The van der Waals surface area contributed by atoms with Crippen LogP contribution in [0, 0.1) is 11.3 Å². The summed E-state index contributed by atoms with van der Waals surface area (Å²) in [4.78, 5) is 10.3. The van der Waals surface area contributed by atoms with Gasteiger partial charge in [0.05, 0.1) is 0 Å². The van der Waals surface area contributed by atoms with Gasteiger partial charge in [-0.3, -0.25) is 0 Å². The van der Waals surface area contributed by atoms with Crippen LogP contribution in [0.1, 0.15) is 32.6 Å². The van der Waals surface area contributed by atoms with Gasteiger partial charge in [0, 0.05) is 6.08 Å². The Morgan fingerprint density at radius 1 is 1.71 bits per heavy atom. The number of rotatable bonds is 3. The molecule has 0 radical (unpaired) electrons. The molecule has 0 aromatic heterocycles. The summed E-state index contributed by atoms with van der Waals surface area (Å²) in [7, 11) is 0. The molecule has 1 unspecified atom stereocenters. The predicted molar refractivity (Wildman–Crippen MR) is 54.9 cm³/mol. The van der Waals surface area contributed by atoms with E-state index in [-0.39, 0.29) is 0 Å². The van der Waals surface area contributed by atoms with E-state index >= 15 is 0 Å². The first-order valence-electron chi connectivity index (χ1n) is 5.22. The van der Waals surface area contributed by atoms with E-state index in [1.54, 1.807) is 6.08 Å². The lowest BCUT2D eigenvalue weighted by Crippen LogP contribution is -2.10. The molecule has 2 heteroatoms. The van der Waals surface area contributed by atoms with Gasteiger partial charge < -0.3 is 5.11 Å². The SMILES string of the molecule is CC1=CCC(C/C=C/C(=O)O)C12CC2. The maximum absolute atomic E-state index is 10.3. The predicted octanol–water partition coefficient (Wildman–Crippen LogP) is 2.76. The van der Waals surface area contributed by atoms with Crippen LogP contribution >= 0.6 is 0 Å². The van der Waals surface area contributed by atoms with Crippen molar-refractivity contribution in [3.63, 3.8) is 0 Å². The highest BCUT2D eigenvalue weighted by Gasteiger charge is 2.51. The van der Waals surface area contributed by atoms with E-state index < -0.39 is 5.97 Å². The van der Waals surface area contributed by atoms with Crippen LogP contribution in [0.2, 0.25) is 0 Å². The van der Waals surface area contributed by atoms with Crippen molar-refractivity contribution in [1.29, 1.82) is 0 Å². The van der Waals surface area contributed by atoms with E-state index in [0.717, 1.165) is 12.8 Å². The number of carbonyl (C=O) groups is 1. The lowest BCUT2D eigenvalue weighted by molar-refractivity contribution is -0.131. The van der Waals surface area contributed by atoms with Crippen LogP contribution in [-0.2, 0) is 4.79 Å². The molecule has 14 heavy (non-hydrogen) atoms. The molecule has 0 bridgehead atoms. The van der Waals surface area contributed by atoms with Crippen LogP contribution < -0.4 is 0 Å². The summed E-state index contributed by atoms with van der Waals surface area (Å²) in [6, 6.07) is 0. The summed E-state index contributed by atoms with van der Waals surface area (Å²) in [6.45, 7) is 2.22. The van der Waals surface area contributed by atoms with Gasteiger partial charge in [-0.2, -0.15) is 0 Å². The molecule has 0 saturated heterocycles. The van der Waals surface area contributed by atoms with Crippen molar-refractivity contribution in [1.82, 2.24) is 0 Å². The molecule has 0 amide bonds. The van der Waals surface area contributed by atoms with Crippen molar-refractivity contribution >= 4 is 5.97 Å². The van der Waals surface area contributed by atoms with Gasteiger partial charge in [-0.15, -0.1) is 0 Å². The zero-order valence-electron chi connectivity index (χ0n) is 8.49. The number of carboxylic acid groups (broad SMARTS) is 1. The fourth-order valence-corrected chi connectivity index (χ4v) is 2.66. The van der Waals surface area contributed by atoms with Crippen molar-refractivity contribution in [2.24, 2.45) is 11.3 Å². The third kappa shape index (κ3) is 1.49. The average Bonchev–Trinajstić information content (AvgIpc) is 2.84. The summed E-state index contributed by atoms with van der Waals surface area (Å²) in [5, 5.41) is 8.49. The quantitative estimate of drug-likeness (QED) is 0.551. The number of aliphatic carboxylic acids is 1. The van der Waals surface area contributed by atoms with E-state index in [1.807, 2.05) is 0 Å². The standard InChI is InChI=1S/C12H16O2/c1-9-5-6-10(12(9)7-8-12)3-2-4-11(13)14/h2,4-5,10H,3,6-8H2,1H3,(H,13,14)/b4-2+. The summed E-state index contributed by atoms with van der Waals surface area (Å²) in [6.07, 6.45) is 10.1. The molecular weight excluding hydrogens is 176 g/mol. The highest BCUT2D eigenvalue weighted by Crippen LogP contribution is 2.62. The Labute approximate surface area is 84.3 Å². The first-order valence-corrected chi connectivity index (χ1v) is 5.22. The minimum Gasteiger partial charge on any atom is -0.478 e. The largest absolute Gasteiger partial charge is 0.478 e. The monoisotopic (exact) mass is 192 g/mol. The molecule has 0 aromatic rings. The molecule has 1 saturated carbocycles. The molecule has 0 aliphatic heterocycles. The normalized spacial score (nSPS) is 28.4. The Kier molecular flexibility index (Phi) is 2.22. The maximum Gasteiger partial charge on any atom is 0.327 e. The van der Waals surface area contributed by atoms with Crippen LogP contribution in [0.15, 0.2) is 23.8 Å². The van der Waals surface area contributed by atoms with Crippen LogP contribution in [0.5, 0.6) is 0 Å². The van der Waals surface area contributed by atoms with Gasteiger partial charge in [0.1, 0.15) is 0 Å². The summed E-state index contributed by atoms with van der Waals surface area (Å²) >= 11 is 0. The summed E-state index contributed by atoms with van der Waals surface area (Å²) in [5.41, 5.74) is 2.01. The van der Waals surface area contributed by atoms with Crippen molar-refractivity contribution in [2.45, 2.75) is 32.6 Å². The maximum atomic E-state index is 10.3. The molecule has 1 atom stereocenters. The molecule has 2 aliphatic rings. The Bertz CT molecular complexity index is 308. The second kappa shape index (κ2) is 3.26. The number of hydrogen-bond acceptors (Lipinski definition) is 1. The number of carboxylic acids is 1. The first-order chi connectivity index (χ1) is 6.65. The van der Waals surface area contributed by atoms with Gasteiger partial charge >= 0.3 is 5.97 Å². The highest BCUT2D eigenvalue weighted by atomic mass is 16.4. The van der Waals surface area contributed by atoms with Crippen molar-refractivity contribution < 1.29 is 9.90 Å². The second-order valence-corrected chi connectivity index (χ2v) is 4.45. The number of allylic oxidation sites excluding steroid dienone is 3. The summed E-state index contributed by atoms with van der Waals surface area (Å²) in [5.74, 6) is -0.171. The van der Waals surface area contributed by atoms with E-state index in [9.17, 15) is 4.79 Å². The molecule has 2 aliphatic carbocycles. The van der Waals surface area contributed by atoms with Crippen molar-refractivity contribution in [3.8, 4) is 0 Å². The van der Waals surface area contributed by atoms with Crippen LogP contribution in [0.3, 0.4) is 0 Å². The van der Waals surface area contributed by atoms with Crippen LogP contribution in [0.25, 0.3) is 0 Å². The molecule has 2 rings (SSSR count). The fraction of sp³-hybridized carbons (Fsp3) is 0.583. The van der Waals surface area contributed by atoms with E-state index in [1.165, 1.54) is 24.5 Å². The smallest absolute Gasteiger partial charge is 0.327 e. The van der Waals surface area contributed by atoms with Crippen LogP contribution in [0.4, 0.5) is 0 Å². The van der Waals surface area contributed by atoms with Gasteiger partial charge in [0.25, 0.3) is 0 Å². The lowest BCUT2D eigenvalue weighted by atomic mass is 9.86. The second-order valence-electron chi connectivity index (χ2n) is 4.45. The van der Waals surface area contributed by atoms with Gasteiger partial charge in [0.15, 0.2) is 0 Å². The Balaban J connectivity index is 1.93. The van der Waals surface area contributed by atoms with Crippen LogP contribution in [-0.4, -0.2) is 11.1 Å². The zero-order chi connectivity index (χ0) is 10.2. The third-order valence-corrected chi connectivity index (χ3v) is 3.75. The van der Waals surface area contributed by atoms with E-state index in [4.69, 9.17) is 5.11 Å². The number of hydrogen-bond donors (Lipinski definition) is 1. The Hall–Kier alpha value is -1.05. The Morgan fingerprint density at radius 3 is 3.00 bits per heavy atom. The minimum atomic E-state index is -0.836. The minimum absolute atomic E-state index is 0.475. The van der Waals surface area contributed by atoms with E-state index in [2.05, 4.69) is 13.0 Å². The van der Waals surface area contributed by atoms with Gasteiger partial charge in [-0.1, -0.05) is 17.7 Å². The average molecular weight is 192 g/mol. The molecule has 1 fully saturated rings. The topological polar surface area (TPSA) is 37.3 Å². The molecule has 1 N–H and O–H groups in total. The molecule has 1 spiro atoms. The van der Waals surface area contributed by atoms with Crippen molar-refractivity contribution in [2.75, 3.05) is 0 Å². The highest BCUT2D eigenvalue weighted by molar-refractivity contribution is 5.79. The van der Waals surface area contributed by atoms with Gasteiger partial charge in [-0.05, 0) is 43.9 Å².